The van der Waals surface area contributed by atoms with Gasteiger partial charge in [0.1, 0.15) is 5.75 Å². The van der Waals surface area contributed by atoms with E-state index in [-0.39, 0.29) is 11.7 Å². The van der Waals surface area contributed by atoms with Gasteiger partial charge in [-0.25, -0.2) is 0 Å². The van der Waals surface area contributed by atoms with Gasteiger partial charge < -0.3 is 5.11 Å². The van der Waals surface area contributed by atoms with E-state index in [0.29, 0.717) is 24.1 Å². The Balaban J connectivity index is 2.42. The Kier molecular flexibility index (Phi) is 6.93. The van der Waals surface area contributed by atoms with Crippen LogP contribution in [0, 0.1) is 0 Å². The zero-order valence-electron chi connectivity index (χ0n) is 16.3. The van der Waals surface area contributed by atoms with Crippen molar-refractivity contribution in [2.45, 2.75) is 58.3 Å². The fourth-order valence-electron chi connectivity index (χ4n) is 3.59. The molecule has 0 heterocycles. The molecule has 27 heavy (non-hydrogen) atoms. The van der Waals surface area contributed by atoms with E-state index in [9.17, 15) is 18.3 Å². The number of hydrogen-bond donors (Lipinski definition) is 1. The van der Waals surface area contributed by atoms with E-state index in [4.69, 9.17) is 0 Å². The van der Waals surface area contributed by atoms with Crippen molar-refractivity contribution < 1.29 is 18.3 Å². The lowest BCUT2D eigenvalue weighted by Gasteiger charge is -2.32. The van der Waals surface area contributed by atoms with Gasteiger partial charge in [0.25, 0.3) is 0 Å². The molecule has 2 nitrogen and oxygen atoms in total. The third-order valence-corrected chi connectivity index (χ3v) is 4.93. The summed E-state index contributed by atoms with van der Waals surface area (Å²) in [4.78, 5) is 2.31. The first-order valence-electron chi connectivity index (χ1n) is 9.32. The number of phenolic OH excluding ortho intramolecular Hbond substituents is 1. The van der Waals surface area contributed by atoms with Crippen molar-refractivity contribution in [1.29, 1.82) is 0 Å². The standard InChI is InChI=1S/C22H28F3NO/c1-15(2)26(16(3)4)13-12-19(17-8-6-5-7-9-17)20-14-18(22(23,24)25)10-11-21(20)27/h5-11,14-16,19,27H,12-13H2,1-4H3/t19-/m1/s1. The monoisotopic (exact) mass is 379 g/mol. The zero-order valence-corrected chi connectivity index (χ0v) is 16.3. The molecule has 0 aliphatic carbocycles. The SMILES string of the molecule is CC(C)N(CC[C@H](c1ccccc1)c1cc(C(F)(F)F)ccc1O)C(C)C. The van der Waals surface area contributed by atoms with Crippen LogP contribution >= 0.6 is 0 Å². The summed E-state index contributed by atoms with van der Waals surface area (Å²) in [6.07, 6.45) is -3.82. The summed E-state index contributed by atoms with van der Waals surface area (Å²) >= 11 is 0. The fourth-order valence-corrected chi connectivity index (χ4v) is 3.59. The van der Waals surface area contributed by atoms with Crippen LogP contribution < -0.4 is 0 Å². The van der Waals surface area contributed by atoms with Gasteiger partial charge in [0.2, 0.25) is 0 Å². The molecule has 0 aliphatic heterocycles. The van der Waals surface area contributed by atoms with E-state index in [1.165, 1.54) is 0 Å². The molecule has 0 fully saturated rings. The molecule has 2 aromatic carbocycles. The summed E-state index contributed by atoms with van der Waals surface area (Å²) in [5.41, 5.74) is 0.490. The summed E-state index contributed by atoms with van der Waals surface area (Å²) in [7, 11) is 0. The maximum Gasteiger partial charge on any atom is 0.416 e. The van der Waals surface area contributed by atoms with Crippen LogP contribution in [0.3, 0.4) is 0 Å². The smallest absolute Gasteiger partial charge is 0.416 e. The third kappa shape index (κ3) is 5.48. The first kappa shape index (κ1) is 21.3. The van der Waals surface area contributed by atoms with Crippen LogP contribution in [0.5, 0.6) is 5.75 Å². The molecule has 0 unspecified atom stereocenters. The van der Waals surface area contributed by atoms with Gasteiger partial charge >= 0.3 is 6.18 Å². The molecule has 1 atom stereocenters. The summed E-state index contributed by atoms with van der Waals surface area (Å²) < 4.78 is 39.6. The molecule has 148 valence electrons. The second-order valence-electron chi connectivity index (χ2n) is 7.45. The topological polar surface area (TPSA) is 23.5 Å². The maximum absolute atomic E-state index is 13.2. The molecule has 0 aliphatic rings. The summed E-state index contributed by atoms with van der Waals surface area (Å²) in [6.45, 7) is 9.17. The zero-order chi connectivity index (χ0) is 20.2. The van der Waals surface area contributed by atoms with E-state index in [1.54, 1.807) is 0 Å². The van der Waals surface area contributed by atoms with Crippen molar-refractivity contribution in [2.75, 3.05) is 6.54 Å². The molecule has 0 saturated heterocycles. The molecule has 0 spiro atoms. The number of nitrogens with zero attached hydrogens (tertiary/aromatic N) is 1. The molecule has 5 heteroatoms. The summed E-state index contributed by atoms with van der Waals surface area (Å²) in [5, 5.41) is 10.3. The van der Waals surface area contributed by atoms with Crippen molar-refractivity contribution in [3.63, 3.8) is 0 Å². The molecule has 0 aromatic heterocycles. The Morgan fingerprint density at radius 1 is 0.926 bits per heavy atom. The van der Waals surface area contributed by atoms with E-state index in [2.05, 4.69) is 32.6 Å². The van der Waals surface area contributed by atoms with E-state index < -0.39 is 11.7 Å². The maximum atomic E-state index is 13.2. The Bertz CT molecular complexity index is 718. The predicted octanol–water partition coefficient (Wildman–Crippen LogP) is 6.05. The number of benzene rings is 2. The van der Waals surface area contributed by atoms with Crippen molar-refractivity contribution in [2.24, 2.45) is 0 Å². The minimum Gasteiger partial charge on any atom is -0.508 e. The first-order chi connectivity index (χ1) is 12.6. The Morgan fingerprint density at radius 3 is 2.04 bits per heavy atom. The van der Waals surface area contributed by atoms with E-state index in [1.807, 2.05) is 30.3 Å². The van der Waals surface area contributed by atoms with Gasteiger partial charge in [-0.05, 0) is 64.4 Å². The predicted molar refractivity (Wildman–Crippen MR) is 103 cm³/mol. The largest absolute Gasteiger partial charge is 0.508 e. The number of hydrogen-bond acceptors (Lipinski definition) is 2. The molecular formula is C22H28F3NO. The molecule has 0 radical (unpaired) electrons. The van der Waals surface area contributed by atoms with Crippen molar-refractivity contribution in [3.8, 4) is 5.75 Å². The highest BCUT2D eigenvalue weighted by atomic mass is 19.4. The van der Waals surface area contributed by atoms with Crippen LogP contribution in [-0.4, -0.2) is 28.6 Å². The van der Waals surface area contributed by atoms with Gasteiger partial charge in [0.15, 0.2) is 0 Å². The van der Waals surface area contributed by atoms with Gasteiger partial charge in [-0.3, -0.25) is 4.90 Å². The minimum atomic E-state index is -4.44. The minimum absolute atomic E-state index is 0.0995. The molecular weight excluding hydrogens is 351 g/mol. The molecule has 0 bridgehead atoms. The Hall–Kier alpha value is -2.01. The average Bonchev–Trinajstić information content (AvgIpc) is 2.58. The van der Waals surface area contributed by atoms with Crippen molar-refractivity contribution in [1.82, 2.24) is 4.90 Å². The number of alkyl halides is 3. The highest BCUT2D eigenvalue weighted by Crippen LogP contribution is 2.38. The van der Waals surface area contributed by atoms with Gasteiger partial charge in [-0.15, -0.1) is 0 Å². The number of rotatable bonds is 7. The molecule has 2 rings (SSSR count). The number of phenols is 1. The van der Waals surface area contributed by atoms with Crippen LogP contribution in [-0.2, 0) is 6.18 Å². The summed E-state index contributed by atoms with van der Waals surface area (Å²) in [5.74, 6) is -0.411. The average molecular weight is 379 g/mol. The fraction of sp³-hybridized carbons (Fsp3) is 0.455. The summed E-state index contributed by atoms with van der Waals surface area (Å²) in [6, 6.07) is 13.2. The third-order valence-electron chi connectivity index (χ3n) is 4.93. The van der Waals surface area contributed by atoms with Crippen molar-refractivity contribution in [3.05, 3.63) is 65.2 Å². The molecule has 0 amide bonds. The Morgan fingerprint density at radius 2 is 1.52 bits per heavy atom. The van der Waals surface area contributed by atoms with Gasteiger partial charge in [0.05, 0.1) is 5.56 Å². The van der Waals surface area contributed by atoms with Gasteiger partial charge in [-0.2, -0.15) is 13.2 Å². The van der Waals surface area contributed by atoms with Crippen LogP contribution in [0.15, 0.2) is 48.5 Å². The molecule has 1 N–H and O–H groups in total. The first-order valence-corrected chi connectivity index (χ1v) is 9.32. The van der Waals surface area contributed by atoms with Crippen molar-refractivity contribution >= 4 is 0 Å². The van der Waals surface area contributed by atoms with E-state index >= 15 is 0 Å². The number of halogens is 3. The van der Waals surface area contributed by atoms with Crippen LogP contribution in [0.2, 0.25) is 0 Å². The number of aromatic hydroxyl groups is 1. The quantitative estimate of drug-likeness (QED) is 0.633. The van der Waals surface area contributed by atoms with Crippen LogP contribution in [0.4, 0.5) is 13.2 Å². The second-order valence-corrected chi connectivity index (χ2v) is 7.45. The van der Waals surface area contributed by atoms with Gasteiger partial charge in [-0.1, -0.05) is 30.3 Å². The molecule has 0 saturated carbocycles. The Labute approximate surface area is 159 Å². The second kappa shape index (κ2) is 8.79. The molecule has 2 aromatic rings. The normalized spacial score (nSPS) is 13.6. The lowest BCUT2D eigenvalue weighted by molar-refractivity contribution is -0.137. The highest BCUT2D eigenvalue weighted by Gasteiger charge is 2.32. The van der Waals surface area contributed by atoms with Crippen LogP contribution in [0.1, 0.15) is 56.7 Å². The van der Waals surface area contributed by atoms with Crippen LogP contribution in [0.25, 0.3) is 0 Å². The lowest BCUT2D eigenvalue weighted by atomic mass is 9.86. The lowest BCUT2D eigenvalue weighted by Crippen LogP contribution is -2.38. The van der Waals surface area contributed by atoms with E-state index in [0.717, 1.165) is 30.3 Å². The van der Waals surface area contributed by atoms with Gasteiger partial charge in [0, 0.05) is 23.6 Å². The highest BCUT2D eigenvalue weighted by molar-refractivity contribution is 5.44.